The van der Waals surface area contributed by atoms with Crippen LogP contribution in [0.15, 0.2) is 18.2 Å². The van der Waals surface area contributed by atoms with Crippen LogP contribution in [-0.2, 0) is 4.79 Å². The monoisotopic (exact) mass is 279 g/mol. The summed E-state index contributed by atoms with van der Waals surface area (Å²) in [7, 11) is 0. The van der Waals surface area contributed by atoms with Gasteiger partial charge < -0.3 is 16.4 Å². The van der Waals surface area contributed by atoms with E-state index >= 15 is 0 Å². The molecular weight excluding hydrogens is 261 g/mol. The van der Waals surface area contributed by atoms with Crippen LogP contribution in [-0.4, -0.2) is 29.8 Å². The Bertz CT molecular complexity index is 525. The van der Waals surface area contributed by atoms with Crippen LogP contribution in [0, 0.1) is 11.7 Å². The highest BCUT2D eigenvalue weighted by atomic mass is 19.1. The normalized spacial score (nSPS) is 16.1. The minimum atomic E-state index is -0.480. The van der Waals surface area contributed by atoms with E-state index in [1.807, 2.05) is 0 Å². The van der Waals surface area contributed by atoms with E-state index in [4.69, 9.17) is 11.5 Å². The second-order valence-corrected chi connectivity index (χ2v) is 5.14. The molecule has 1 saturated heterocycles. The molecule has 1 aromatic carbocycles. The van der Waals surface area contributed by atoms with Gasteiger partial charge in [0.25, 0.3) is 5.91 Å². The van der Waals surface area contributed by atoms with Crippen molar-refractivity contribution in [1.29, 1.82) is 0 Å². The van der Waals surface area contributed by atoms with Crippen LogP contribution in [0.5, 0.6) is 0 Å². The summed E-state index contributed by atoms with van der Waals surface area (Å²) in [5.74, 6) is -0.837. The Hall–Kier alpha value is -2.11. The van der Waals surface area contributed by atoms with Gasteiger partial charge in [-0.05, 0) is 37.0 Å². The van der Waals surface area contributed by atoms with Crippen LogP contribution in [0.2, 0.25) is 0 Å². The van der Waals surface area contributed by atoms with Crippen LogP contribution in [0.3, 0.4) is 0 Å². The van der Waals surface area contributed by atoms with Crippen molar-refractivity contribution in [1.82, 2.24) is 4.90 Å². The topological polar surface area (TPSA) is 89.4 Å². The quantitative estimate of drug-likeness (QED) is 0.813. The largest absolute Gasteiger partial charge is 0.398 e. The summed E-state index contributed by atoms with van der Waals surface area (Å²) >= 11 is 0. The van der Waals surface area contributed by atoms with E-state index in [-0.39, 0.29) is 29.0 Å². The summed E-state index contributed by atoms with van der Waals surface area (Å²) in [4.78, 5) is 24.8. The highest BCUT2D eigenvalue weighted by Crippen LogP contribution is 2.23. The molecule has 0 atom stereocenters. The Morgan fingerprint density at radius 1 is 1.30 bits per heavy atom. The number of likely N-dealkylation sites (tertiary alicyclic amines) is 1. The van der Waals surface area contributed by atoms with Crippen molar-refractivity contribution in [2.45, 2.75) is 19.3 Å². The summed E-state index contributed by atoms with van der Waals surface area (Å²) in [5.41, 5.74) is 11.3. The van der Waals surface area contributed by atoms with Gasteiger partial charge in [0.1, 0.15) is 5.82 Å². The third-order valence-corrected chi connectivity index (χ3v) is 3.64. The molecule has 20 heavy (non-hydrogen) atoms. The van der Waals surface area contributed by atoms with Crippen LogP contribution in [0.4, 0.5) is 10.1 Å². The average molecular weight is 279 g/mol. The van der Waals surface area contributed by atoms with Gasteiger partial charge in [-0.3, -0.25) is 9.59 Å². The van der Waals surface area contributed by atoms with Crippen molar-refractivity contribution in [3.63, 3.8) is 0 Å². The van der Waals surface area contributed by atoms with Crippen LogP contribution in [0.1, 0.15) is 29.6 Å². The molecule has 1 fully saturated rings. The zero-order valence-corrected chi connectivity index (χ0v) is 11.1. The highest BCUT2D eigenvalue weighted by molar-refractivity contribution is 5.99. The first kappa shape index (κ1) is 14.3. The summed E-state index contributed by atoms with van der Waals surface area (Å²) in [6.07, 6.45) is 1.80. The molecule has 108 valence electrons. The Labute approximate surface area is 116 Å². The molecule has 1 aliphatic heterocycles. The van der Waals surface area contributed by atoms with Gasteiger partial charge in [0.05, 0.1) is 5.56 Å². The fourth-order valence-corrected chi connectivity index (χ4v) is 2.51. The number of carbonyl (C=O) groups excluding carboxylic acids is 2. The molecule has 2 amide bonds. The second-order valence-electron chi connectivity index (χ2n) is 5.14. The zero-order chi connectivity index (χ0) is 14.7. The first-order chi connectivity index (χ1) is 9.47. The first-order valence-electron chi connectivity index (χ1n) is 6.60. The Morgan fingerprint density at radius 3 is 2.55 bits per heavy atom. The van der Waals surface area contributed by atoms with E-state index in [2.05, 4.69) is 0 Å². The highest BCUT2D eigenvalue weighted by Gasteiger charge is 2.25. The molecule has 6 heteroatoms. The molecule has 0 bridgehead atoms. The number of hydrogen-bond donors (Lipinski definition) is 2. The van der Waals surface area contributed by atoms with E-state index in [9.17, 15) is 14.0 Å². The summed E-state index contributed by atoms with van der Waals surface area (Å²) in [6, 6.07) is 3.78. The molecule has 0 unspecified atom stereocenters. The molecule has 5 nitrogen and oxygen atoms in total. The lowest BCUT2D eigenvalue weighted by molar-refractivity contribution is -0.119. The average Bonchev–Trinajstić information content (AvgIpc) is 2.41. The van der Waals surface area contributed by atoms with Gasteiger partial charge in [0.15, 0.2) is 0 Å². The number of nitrogens with zero attached hydrogens (tertiary/aromatic N) is 1. The van der Waals surface area contributed by atoms with Crippen molar-refractivity contribution in [2.24, 2.45) is 11.7 Å². The van der Waals surface area contributed by atoms with Crippen molar-refractivity contribution in [3.8, 4) is 0 Å². The number of primary amides is 1. The second kappa shape index (κ2) is 5.90. The van der Waals surface area contributed by atoms with Crippen LogP contribution < -0.4 is 11.5 Å². The number of nitrogen functional groups attached to an aromatic ring is 1. The first-order valence-corrected chi connectivity index (χ1v) is 6.60. The van der Waals surface area contributed by atoms with Gasteiger partial charge in [0, 0.05) is 25.2 Å². The molecule has 4 N–H and O–H groups in total. The predicted octanol–water partition coefficient (Wildman–Crippen LogP) is 1.14. The minimum Gasteiger partial charge on any atom is -0.398 e. The smallest absolute Gasteiger partial charge is 0.256 e. The summed E-state index contributed by atoms with van der Waals surface area (Å²) < 4.78 is 13.2. The summed E-state index contributed by atoms with van der Waals surface area (Å²) in [5, 5.41) is 0. The van der Waals surface area contributed by atoms with Crippen LogP contribution >= 0.6 is 0 Å². The van der Waals surface area contributed by atoms with Crippen molar-refractivity contribution in [3.05, 3.63) is 29.6 Å². The van der Waals surface area contributed by atoms with E-state index < -0.39 is 5.82 Å². The fourth-order valence-electron chi connectivity index (χ4n) is 2.51. The number of anilines is 1. The van der Waals surface area contributed by atoms with E-state index in [1.165, 1.54) is 12.1 Å². The molecular formula is C14H18FN3O2. The maximum Gasteiger partial charge on any atom is 0.256 e. The lowest BCUT2D eigenvalue weighted by Gasteiger charge is -2.31. The van der Waals surface area contributed by atoms with Gasteiger partial charge in [-0.15, -0.1) is 0 Å². The number of amides is 2. The molecule has 1 heterocycles. The standard InChI is InChI=1S/C14H18FN3O2/c15-10-1-2-12(16)11(8-10)14(20)18-5-3-9(4-6-18)7-13(17)19/h1-2,8-9H,3-7,16H2,(H2,17,19). The number of carbonyl (C=O) groups is 2. The maximum absolute atomic E-state index is 13.2. The van der Waals surface area contributed by atoms with Gasteiger partial charge in [-0.1, -0.05) is 0 Å². The molecule has 0 aliphatic carbocycles. The van der Waals surface area contributed by atoms with E-state index in [0.29, 0.717) is 19.5 Å². The molecule has 0 radical (unpaired) electrons. The zero-order valence-electron chi connectivity index (χ0n) is 11.1. The summed E-state index contributed by atoms with van der Waals surface area (Å²) in [6.45, 7) is 1.07. The Balaban J connectivity index is 2.01. The number of benzene rings is 1. The van der Waals surface area contributed by atoms with Gasteiger partial charge >= 0.3 is 0 Å². The molecule has 1 aliphatic rings. The number of rotatable bonds is 3. The third kappa shape index (κ3) is 3.26. The lowest BCUT2D eigenvalue weighted by Crippen LogP contribution is -2.39. The van der Waals surface area contributed by atoms with Crippen LogP contribution in [0.25, 0.3) is 0 Å². The van der Waals surface area contributed by atoms with Crippen molar-refractivity contribution < 1.29 is 14.0 Å². The van der Waals surface area contributed by atoms with Gasteiger partial charge in [-0.25, -0.2) is 4.39 Å². The van der Waals surface area contributed by atoms with Crippen molar-refractivity contribution >= 4 is 17.5 Å². The molecule has 1 aromatic rings. The number of nitrogens with two attached hydrogens (primary N) is 2. The third-order valence-electron chi connectivity index (χ3n) is 3.64. The van der Waals surface area contributed by atoms with Gasteiger partial charge in [-0.2, -0.15) is 0 Å². The van der Waals surface area contributed by atoms with Crippen molar-refractivity contribution in [2.75, 3.05) is 18.8 Å². The fraction of sp³-hybridized carbons (Fsp3) is 0.429. The predicted molar refractivity (Wildman–Crippen MR) is 73.3 cm³/mol. The minimum absolute atomic E-state index is 0.193. The molecule has 2 rings (SSSR count). The number of piperidine rings is 1. The Morgan fingerprint density at radius 2 is 1.95 bits per heavy atom. The van der Waals surface area contributed by atoms with E-state index in [0.717, 1.165) is 18.9 Å². The SMILES string of the molecule is NC(=O)CC1CCN(C(=O)c2cc(F)ccc2N)CC1. The number of halogens is 1. The molecule has 0 saturated carbocycles. The lowest BCUT2D eigenvalue weighted by atomic mass is 9.93. The maximum atomic E-state index is 13.2. The van der Waals surface area contributed by atoms with Gasteiger partial charge in [0.2, 0.25) is 5.91 Å². The van der Waals surface area contributed by atoms with E-state index in [1.54, 1.807) is 4.90 Å². The number of hydrogen-bond acceptors (Lipinski definition) is 3. The molecule has 0 aromatic heterocycles. The molecule has 0 spiro atoms. The Kier molecular flexibility index (Phi) is 4.22.